The normalized spacial score (nSPS) is 16.0. The Balaban J connectivity index is 1.40. The van der Waals surface area contributed by atoms with Crippen LogP contribution >= 0.6 is 0 Å². The molecule has 1 saturated carbocycles. The maximum absolute atomic E-state index is 12.9. The fourth-order valence-electron chi connectivity index (χ4n) is 4.70. The van der Waals surface area contributed by atoms with Gasteiger partial charge in [0.15, 0.2) is 0 Å². The molecule has 1 aliphatic carbocycles. The maximum atomic E-state index is 12.9. The summed E-state index contributed by atoms with van der Waals surface area (Å²) in [6.07, 6.45) is 5.98. The molecule has 2 aliphatic rings. The van der Waals surface area contributed by atoms with Crippen molar-refractivity contribution in [1.29, 1.82) is 5.26 Å². The molecule has 3 aromatic carbocycles. The van der Waals surface area contributed by atoms with Crippen LogP contribution in [0, 0.1) is 17.2 Å². The average molecular weight is 393 g/mol. The van der Waals surface area contributed by atoms with E-state index in [1.807, 2.05) is 36.4 Å². The predicted octanol–water partition coefficient (Wildman–Crippen LogP) is 5.50. The number of anilines is 1. The molecule has 4 nitrogen and oxygen atoms in total. The van der Waals surface area contributed by atoms with Crippen molar-refractivity contribution in [2.45, 2.75) is 32.1 Å². The topological polar surface area (TPSA) is 65.2 Å². The Kier molecular flexibility index (Phi) is 4.80. The van der Waals surface area contributed by atoms with Crippen molar-refractivity contribution in [3.8, 4) is 6.07 Å². The van der Waals surface area contributed by atoms with Gasteiger partial charge in [-0.05, 0) is 72.0 Å². The minimum Gasteiger partial charge on any atom is -0.322 e. The third-order valence-electron chi connectivity index (χ3n) is 6.28. The van der Waals surface area contributed by atoms with Crippen LogP contribution in [0.1, 0.15) is 52.7 Å². The lowest BCUT2D eigenvalue weighted by Crippen LogP contribution is -2.21. The minimum absolute atomic E-state index is 0.128. The van der Waals surface area contributed by atoms with Gasteiger partial charge in [0.2, 0.25) is 0 Å². The molecule has 0 spiro atoms. The van der Waals surface area contributed by atoms with E-state index in [1.54, 1.807) is 6.07 Å². The van der Waals surface area contributed by atoms with Gasteiger partial charge in [-0.2, -0.15) is 5.26 Å². The Labute approximate surface area is 176 Å². The number of fused-ring (bicyclic) bond motifs is 2. The van der Waals surface area contributed by atoms with Crippen LogP contribution < -0.4 is 5.32 Å². The van der Waals surface area contributed by atoms with Crippen LogP contribution in [0.2, 0.25) is 0 Å². The molecule has 0 unspecified atom stereocenters. The molecule has 1 fully saturated rings. The van der Waals surface area contributed by atoms with Gasteiger partial charge in [-0.25, -0.2) is 0 Å². The van der Waals surface area contributed by atoms with Crippen LogP contribution in [0.4, 0.5) is 5.69 Å². The van der Waals surface area contributed by atoms with Gasteiger partial charge in [-0.3, -0.25) is 9.79 Å². The predicted molar refractivity (Wildman–Crippen MR) is 120 cm³/mol. The van der Waals surface area contributed by atoms with Crippen molar-refractivity contribution >= 4 is 28.1 Å². The number of rotatable bonds is 3. The first-order chi connectivity index (χ1) is 14.7. The van der Waals surface area contributed by atoms with Crippen molar-refractivity contribution in [2.24, 2.45) is 10.9 Å². The van der Waals surface area contributed by atoms with E-state index in [9.17, 15) is 4.79 Å². The van der Waals surface area contributed by atoms with E-state index in [0.29, 0.717) is 17.0 Å². The molecule has 1 amide bonds. The lowest BCUT2D eigenvalue weighted by molar-refractivity contribution is 0.102. The van der Waals surface area contributed by atoms with Crippen LogP contribution in [-0.2, 0) is 6.42 Å². The number of hydrogen-bond donors (Lipinski definition) is 1. The summed E-state index contributed by atoms with van der Waals surface area (Å²) in [4.78, 5) is 17.8. The van der Waals surface area contributed by atoms with Gasteiger partial charge in [0.05, 0.1) is 11.6 Å². The quantitative estimate of drug-likeness (QED) is 0.638. The number of nitrogens with zero attached hydrogens (tertiary/aromatic N) is 2. The largest absolute Gasteiger partial charge is 0.322 e. The SMILES string of the molecule is N#Cc1ccc2cc(C(=O)Nc3ccc4c(c3)C(C3CCCC3)=NCC4)ccc2c1. The molecule has 0 saturated heterocycles. The van der Waals surface area contributed by atoms with Crippen molar-refractivity contribution in [1.82, 2.24) is 0 Å². The van der Waals surface area contributed by atoms with E-state index in [0.717, 1.165) is 29.4 Å². The number of nitriles is 1. The molecule has 1 N–H and O–H groups in total. The lowest BCUT2D eigenvalue weighted by atomic mass is 9.88. The Morgan fingerprint density at radius 2 is 1.80 bits per heavy atom. The van der Waals surface area contributed by atoms with Gasteiger partial charge < -0.3 is 5.32 Å². The monoisotopic (exact) mass is 393 g/mol. The Morgan fingerprint density at radius 3 is 2.63 bits per heavy atom. The maximum Gasteiger partial charge on any atom is 0.255 e. The zero-order valence-electron chi connectivity index (χ0n) is 16.8. The fraction of sp³-hybridized carbons (Fsp3) is 0.269. The van der Waals surface area contributed by atoms with Crippen molar-refractivity contribution in [3.05, 3.63) is 76.9 Å². The molecule has 1 heterocycles. The molecule has 30 heavy (non-hydrogen) atoms. The summed E-state index contributed by atoms with van der Waals surface area (Å²) in [5, 5.41) is 14.0. The first-order valence-electron chi connectivity index (χ1n) is 10.6. The summed E-state index contributed by atoms with van der Waals surface area (Å²) in [5.74, 6) is 0.435. The molecule has 5 rings (SSSR count). The Hall–Kier alpha value is -3.45. The molecule has 0 aromatic heterocycles. The summed E-state index contributed by atoms with van der Waals surface area (Å²) < 4.78 is 0. The second kappa shape index (κ2) is 7.76. The third-order valence-corrected chi connectivity index (χ3v) is 6.28. The second-order valence-corrected chi connectivity index (χ2v) is 8.21. The number of carbonyl (C=O) groups is 1. The molecule has 148 valence electrons. The highest BCUT2D eigenvalue weighted by molar-refractivity contribution is 6.08. The van der Waals surface area contributed by atoms with Crippen LogP contribution in [-0.4, -0.2) is 18.2 Å². The first-order valence-corrected chi connectivity index (χ1v) is 10.6. The van der Waals surface area contributed by atoms with E-state index in [-0.39, 0.29) is 5.91 Å². The van der Waals surface area contributed by atoms with Gasteiger partial charge in [0, 0.05) is 35.0 Å². The van der Waals surface area contributed by atoms with E-state index < -0.39 is 0 Å². The fourth-order valence-corrected chi connectivity index (χ4v) is 4.70. The highest BCUT2D eigenvalue weighted by Gasteiger charge is 2.25. The summed E-state index contributed by atoms with van der Waals surface area (Å²) in [6, 6.07) is 19.4. The molecular weight excluding hydrogens is 370 g/mol. The molecule has 0 radical (unpaired) electrons. The van der Waals surface area contributed by atoms with Crippen LogP contribution in [0.3, 0.4) is 0 Å². The number of amides is 1. The van der Waals surface area contributed by atoms with Gasteiger partial charge in [-0.15, -0.1) is 0 Å². The lowest BCUT2D eigenvalue weighted by Gasteiger charge is -2.22. The second-order valence-electron chi connectivity index (χ2n) is 8.21. The van der Waals surface area contributed by atoms with Gasteiger partial charge in [0.25, 0.3) is 5.91 Å². The van der Waals surface area contributed by atoms with Crippen LogP contribution in [0.25, 0.3) is 10.8 Å². The number of benzene rings is 3. The van der Waals surface area contributed by atoms with Gasteiger partial charge >= 0.3 is 0 Å². The number of aliphatic imine (C=N–C) groups is 1. The highest BCUT2D eigenvalue weighted by Crippen LogP contribution is 2.32. The van der Waals surface area contributed by atoms with E-state index >= 15 is 0 Å². The summed E-state index contributed by atoms with van der Waals surface area (Å²) in [7, 11) is 0. The third kappa shape index (κ3) is 3.48. The highest BCUT2D eigenvalue weighted by atomic mass is 16.1. The minimum atomic E-state index is -0.128. The molecular formula is C26H23N3O. The summed E-state index contributed by atoms with van der Waals surface area (Å²) >= 11 is 0. The average Bonchev–Trinajstić information content (AvgIpc) is 3.32. The number of hydrogen-bond acceptors (Lipinski definition) is 3. The van der Waals surface area contributed by atoms with E-state index in [4.69, 9.17) is 10.3 Å². The zero-order valence-corrected chi connectivity index (χ0v) is 16.8. The number of carbonyl (C=O) groups excluding carboxylic acids is 1. The molecule has 1 aliphatic heterocycles. The Bertz CT molecular complexity index is 1210. The van der Waals surface area contributed by atoms with E-state index in [1.165, 1.54) is 42.5 Å². The smallest absolute Gasteiger partial charge is 0.255 e. The van der Waals surface area contributed by atoms with Crippen LogP contribution in [0.15, 0.2) is 59.6 Å². The standard InChI is InChI=1S/C26H23N3O/c27-16-17-5-6-21-14-22(8-7-20(21)13-17)26(30)29-23-10-9-18-11-12-28-25(24(18)15-23)19-3-1-2-4-19/h5-10,13-15,19H,1-4,11-12H2,(H,29,30). The molecule has 0 bridgehead atoms. The van der Waals surface area contributed by atoms with Crippen LogP contribution in [0.5, 0.6) is 0 Å². The van der Waals surface area contributed by atoms with Crippen molar-refractivity contribution < 1.29 is 4.79 Å². The number of nitrogens with one attached hydrogen (secondary N) is 1. The van der Waals surface area contributed by atoms with Gasteiger partial charge in [-0.1, -0.05) is 31.0 Å². The van der Waals surface area contributed by atoms with Crippen molar-refractivity contribution in [3.63, 3.8) is 0 Å². The first kappa shape index (κ1) is 18.6. The van der Waals surface area contributed by atoms with Crippen molar-refractivity contribution in [2.75, 3.05) is 11.9 Å². The zero-order chi connectivity index (χ0) is 20.5. The molecule has 4 heteroatoms. The van der Waals surface area contributed by atoms with E-state index in [2.05, 4.69) is 23.5 Å². The Morgan fingerprint density at radius 1 is 1.00 bits per heavy atom. The van der Waals surface area contributed by atoms with Gasteiger partial charge in [0.1, 0.15) is 0 Å². The molecule has 0 atom stereocenters. The summed E-state index contributed by atoms with van der Waals surface area (Å²) in [5.41, 5.74) is 5.83. The molecule has 3 aromatic rings. The summed E-state index contributed by atoms with van der Waals surface area (Å²) in [6.45, 7) is 0.870.